The molecule has 0 aliphatic heterocycles. The lowest BCUT2D eigenvalue weighted by atomic mass is 9.78. The summed E-state index contributed by atoms with van der Waals surface area (Å²) in [5.41, 5.74) is 5.71. The van der Waals surface area contributed by atoms with E-state index in [4.69, 9.17) is 27.2 Å². The van der Waals surface area contributed by atoms with E-state index in [9.17, 15) is 4.79 Å². The molecule has 0 heterocycles. The van der Waals surface area contributed by atoms with Crippen molar-refractivity contribution in [3.05, 3.63) is 119 Å². The van der Waals surface area contributed by atoms with Gasteiger partial charge in [-0.25, -0.2) is 4.79 Å². The normalized spacial score (nSPS) is 12.4. The zero-order chi connectivity index (χ0) is 38.9. The van der Waals surface area contributed by atoms with Gasteiger partial charge in [-0.1, -0.05) is 74.5 Å². The number of ether oxygens (including phenoxy) is 4. The van der Waals surface area contributed by atoms with E-state index < -0.39 is 31.4 Å². The average molecular weight is 773 g/mol. The van der Waals surface area contributed by atoms with Crippen LogP contribution in [-0.2, 0) is 26.5 Å². The first-order chi connectivity index (χ1) is 24.9. The molecule has 0 aliphatic carbocycles. The summed E-state index contributed by atoms with van der Waals surface area (Å²) in [6, 6.07) is 32.1. The topological polar surface area (TPSA) is 72.5 Å². The van der Waals surface area contributed by atoms with E-state index >= 15 is 0 Å². The van der Waals surface area contributed by atoms with Crippen LogP contribution in [0.5, 0.6) is 23.0 Å². The van der Waals surface area contributed by atoms with Crippen molar-refractivity contribution in [2.45, 2.75) is 103 Å². The third-order valence-corrected chi connectivity index (χ3v) is 21.2. The molecule has 0 N–H and O–H groups in total. The fourth-order valence-electron chi connectivity index (χ4n) is 7.03. The van der Waals surface area contributed by atoms with Gasteiger partial charge in [0.15, 0.2) is 28.1 Å². The van der Waals surface area contributed by atoms with Crippen LogP contribution in [0.4, 0.5) is 4.79 Å². The molecule has 0 saturated carbocycles. The average Bonchev–Trinajstić information content (AvgIpc) is 3.09. The summed E-state index contributed by atoms with van der Waals surface area (Å²) in [6.07, 6.45) is 3.13. The molecule has 0 aliphatic rings. The zero-order valence-corrected chi connectivity index (χ0v) is 36.8. The predicted octanol–water partition coefficient (Wildman–Crippen LogP) is 11.6. The molecule has 0 atom stereocenters. The Labute approximate surface area is 321 Å². The van der Waals surface area contributed by atoms with Gasteiger partial charge < -0.3 is 27.2 Å². The molecule has 0 fully saturated rings. The van der Waals surface area contributed by atoms with Gasteiger partial charge in [0.1, 0.15) is 11.5 Å². The summed E-state index contributed by atoms with van der Waals surface area (Å²) >= 11 is 0. The SMILES string of the molecule is COc1cc(CCC[Si](C)(C)O[Si](C)(C)O[Si](C)(C)CCCc2ccc(OC(=O)Oc3ccc(C(C)(C)c4ccccc4)cc3)c(OC)c2)ccc1C. The van der Waals surface area contributed by atoms with Crippen molar-refractivity contribution in [1.82, 2.24) is 0 Å². The summed E-state index contributed by atoms with van der Waals surface area (Å²) in [4.78, 5) is 12.7. The maximum absolute atomic E-state index is 12.7. The summed E-state index contributed by atoms with van der Waals surface area (Å²) < 4.78 is 35.9. The van der Waals surface area contributed by atoms with Gasteiger partial charge in [-0.2, -0.15) is 0 Å². The molecule has 4 rings (SSSR count). The first-order valence-electron chi connectivity index (χ1n) is 18.7. The second kappa shape index (κ2) is 18.1. The summed E-state index contributed by atoms with van der Waals surface area (Å²) in [6.45, 7) is 20.1. The van der Waals surface area contributed by atoms with Gasteiger partial charge in [0, 0.05) is 5.41 Å². The first kappa shape index (κ1) is 42.1. The molecule has 10 heteroatoms. The van der Waals surface area contributed by atoms with Crippen LogP contribution in [0.2, 0.25) is 51.4 Å². The minimum absolute atomic E-state index is 0.190. The van der Waals surface area contributed by atoms with Gasteiger partial charge in [-0.3, -0.25) is 0 Å². The molecule has 53 heavy (non-hydrogen) atoms. The summed E-state index contributed by atoms with van der Waals surface area (Å²) in [7, 11) is -2.92. The molecule has 0 radical (unpaired) electrons. The van der Waals surface area contributed by atoms with Crippen molar-refractivity contribution in [1.29, 1.82) is 0 Å². The molecule has 4 aromatic rings. The number of benzene rings is 4. The molecule has 0 spiro atoms. The van der Waals surface area contributed by atoms with E-state index in [1.54, 1.807) is 32.4 Å². The first-order valence-corrected chi connectivity index (χ1v) is 27.7. The standard InChI is InChI=1S/C43H60O7Si3/c1-33-21-22-34(31-40(33)45-4)17-15-29-51(6,7)49-53(10,11)50-52(8,9)30-16-18-35-23-28-39(41(32-35)46-5)48-42(44)47-38-26-24-37(25-27-38)43(2,3)36-19-13-12-14-20-36/h12-14,19-28,31-32H,15-18,29-30H2,1-11H3. The fraction of sp³-hybridized carbons (Fsp3) is 0.419. The largest absolute Gasteiger partial charge is 0.519 e. The second-order valence-electron chi connectivity index (χ2n) is 16.1. The van der Waals surface area contributed by atoms with Crippen LogP contribution in [-0.4, -0.2) is 45.6 Å². The van der Waals surface area contributed by atoms with Crippen LogP contribution in [0.25, 0.3) is 0 Å². The maximum atomic E-state index is 12.7. The van der Waals surface area contributed by atoms with Crippen LogP contribution >= 0.6 is 0 Å². The van der Waals surface area contributed by atoms with Crippen LogP contribution < -0.4 is 18.9 Å². The van der Waals surface area contributed by atoms with Crippen molar-refractivity contribution in [2.24, 2.45) is 0 Å². The van der Waals surface area contributed by atoms with Crippen molar-refractivity contribution in [3.8, 4) is 23.0 Å². The third-order valence-electron chi connectivity index (χ3n) is 9.70. The number of hydrogen-bond donors (Lipinski definition) is 0. The molecular formula is C43H60O7Si3. The van der Waals surface area contributed by atoms with Gasteiger partial charge >= 0.3 is 14.7 Å². The van der Waals surface area contributed by atoms with Crippen molar-refractivity contribution >= 4 is 31.4 Å². The Hall–Kier alpha value is -3.68. The number of carbonyl (C=O) groups is 1. The van der Waals surface area contributed by atoms with Gasteiger partial charge in [-0.15, -0.1) is 0 Å². The molecular weight excluding hydrogens is 713 g/mol. The summed E-state index contributed by atoms with van der Waals surface area (Å²) in [5.74, 6) is 2.17. The van der Waals surface area contributed by atoms with Gasteiger partial charge in [-0.05, 0) is 142 Å². The zero-order valence-electron chi connectivity index (χ0n) is 33.8. The number of hydrogen-bond acceptors (Lipinski definition) is 7. The lowest BCUT2D eigenvalue weighted by Crippen LogP contribution is -2.52. The lowest BCUT2D eigenvalue weighted by molar-refractivity contribution is 0.150. The third kappa shape index (κ3) is 12.7. The van der Waals surface area contributed by atoms with Crippen LogP contribution in [0.15, 0.2) is 91.0 Å². The number of rotatable bonds is 18. The molecule has 0 unspecified atom stereocenters. The van der Waals surface area contributed by atoms with Gasteiger partial charge in [0.05, 0.1) is 14.2 Å². The number of aryl methyl sites for hydroxylation is 3. The second-order valence-corrected chi connectivity index (χ2v) is 28.6. The van der Waals surface area contributed by atoms with Crippen LogP contribution in [0.1, 0.15) is 54.5 Å². The van der Waals surface area contributed by atoms with Crippen LogP contribution in [0, 0.1) is 6.92 Å². The molecule has 286 valence electrons. The molecule has 0 aromatic heterocycles. The van der Waals surface area contributed by atoms with Gasteiger partial charge in [0.25, 0.3) is 0 Å². The highest BCUT2D eigenvalue weighted by atomic mass is 28.5. The quantitative estimate of drug-likeness (QED) is 0.0566. The molecule has 4 aromatic carbocycles. The maximum Gasteiger partial charge on any atom is 0.519 e. The van der Waals surface area contributed by atoms with E-state index in [2.05, 4.69) is 90.4 Å². The number of carbonyl (C=O) groups excluding carboxylic acids is 1. The minimum Gasteiger partial charge on any atom is -0.496 e. The highest BCUT2D eigenvalue weighted by Crippen LogP contribution is 2.34. The highest BCUT2D eigenvalue weighted by molar-refractivity contribution is 6.87. The Bertz CT molecular complexity index is 1790. The smallest absolute Gasteiger partial charge is 0.496 e. The van der Waals surface area contributed by atoms with E-state index in [-0.39, 0.29) is 5.41 Å². The predicted molar refractivity (Wildman–Crippen MR) is 223 cm³/mol. The van der Waals surface area contributed by atoms with E-state index in [0.717, 1.165) is 60.2 Å². The van der Waals surface area contributed by atoms with Crippen molar-refractivity contribution in [3.63, 3.8) is 0 Å². The Morgan fingerprint density at radius 3 is 1.66 bits per heavy atom. The summed E-state index contributed by atoms with van der Waals surface area (Å²) in [5, 5.41) is 0. The number of methoxy groups -OCH3 is 2. The Kier molecular flexibility index (Phi) is 14.4. The van der Waals surface area contributed by atoms with E-state index in [1.165, 1.54) is 11.1 Å². The Balaban J connectivity index is 1.24. The fourth-order valence-corrected chi connectivity index (χ4v) is 21.1. The van der Waals surface area contributed by atoms with Crippen LogP contribution in [0.3, 0.4) is 0 Å². The van der Waals surface area contributed by atoms with Crippen molar-refractivity contribution in [2.75, 3.05) is 14.2 Å². The molecule has 7 nitrogen and oxygen atoms in total. The minimum atomic E-state index is -2.32. The lowest BCUT2D eigenvalue weighted by Gasteiger charge is -2.39. The Morgan fingerprint density at radius 2 is 1.11 bits per heavy atom. The highest BCUT2D eigenvalue weighted by Gasteiger charge is 2.39. The molecule has 0 saturated heterocycles. The molecule has 0 amide bonds. The monoisotopic (exact) mass is 772 g/mol. The van der Waals surface area contributed by atoms with E-state index in [0.29, 0.717) is 17.2 Å². The van der Waals surface area contributed by atoms with E-state index in [1.807, 2.05) is 42.5 Å². The molecule has 0 bridgehead atoms. The van der Waals surface area contributed by atoms with Crippen molar-refractivity contribution < 1.29 is 32.0 Å². The van der Waals surface area contributed by atoms with Gasteiger partial charge in [0.2, 0.25) is 0 Å². The Morgan fingerprint density at radius 1 is 0.604 bits per heavy atom.